The molecule has 2 atom stereocenters. The van der Waals surface area contributed by atoms with Crippen LogP contribution in [-0.2, 0) is 9.53 Å². The number of hydrogen-bond acceptors (Lipinski definition) is 4. The third-order valence-electron chi connectivity index (χ3n) is 2.84. The zero-order valence-electron chi connectivity index (χ0n) is 13.3. The summed E-state index contributed by atoms with van der Waals surface area (Å²) in [6, 6.07) is 6.30. The Morgan fingerprint density at radius 3 is 2.45 bits per heavy atom. The SMILES string of the molecule is Cc1cccc([C@H](NC(=O)OC(C)(C)C)[C@H](O)CC(=O)O)c1. The van der Waals surface area contributed by atoms with Crippen molar-refractivity contribution in [2.75, 3.05) is 0 Å². The first-order chi connectivity index (χ1) is 10.1. The number of carbonyl (C=O) groups is 2. The highest BCUT2D eigenvalue weighted by atomic mass is 16.6. The van der Waals surface area contributed by atoms with Gasteiger partial charge in [-0.25, -0.2) is 4.79 Å². The lowest BCUT2D eigenvalue weighted by Crippen LogP contribution is -2.40. The van der Waals surface area contributed by atoms with E-state index in [4.69, 9.17) is 9.84 Å². The van der Waals surface area contributed by atoms with Gasteiger partial charge in [-0.2, -0.15) is 0 Å². The minimum Gasteiger partial charge on any atom is -0.481 e. The Bertz CT molecular complexity index is 536. The number of alkyl carbamates (subject to hydrolysis) is 1. The van der Waals surface area contributed by atoms with Crippen molar-refractivity contribution in [1.29, 1.82) is 0 Å². The zero-order chi connectivity index (χ0) is 16.9. The third kappa shape index (κ3) is 6.13. The van der Waals surface area contributed by atoms with Gasteiger partial charge >= 0.3 is 12.1 Å². The van der Waals surface area contributed by atoms with E-state index < -0.39 is 36.2 Å². The average molecular weight is 309 g/mol. The molecule has 0 spiro atoms. The number of ether oxygens (including phenoxy) is 1. The van der Waals surface area contributed by atoms with Crippen LogP contribution in [0.25, 0.3) is 0 Å². The van der Waals surface area contributed by atoms with Gasteiger partial charge in [0.25, 0.3) is 0 Å². The molecule has 3 N–H and O–H groups in total. The van der Waals surface area contributed by atoms with Gasteiger partial charge < -0.3 is 20.3 Å². The van der Waals surface area contributed by atoms with Gasteiger partial charge in [0.1, 0.15) is 5.60 Å². The van der Waals surface area contributed by atoms with Gasteiger partial charge in [-0.05, 0) is 33.3 Å². The lowest BCUT2D eigenvalue weighted by Gasteiger charge is -2.26. The minimum atomic E-state index is -1.26. The first-order valence-electron chi connectivity index (χ1n) is 7.04. The summed E-state index contributed by atoms with van der Waals surface area (Å²) in [5.74, 6) is -1.14. The summed E-state index contributed by atoms with van der Waals surface area (Å²) in [5.41, 5.74) is 0.884. The highest BCUT2D eigenvalue weighted by Crippen LogP contribution is 2.21. The number of aryl methyl sites for hydroxylation is 1. The fourth-order valence-electron chi connectivity index (χ4n) is 2.00. The van der Waals surface area contributed by atoms with Crippen molar-refractivity contribution < 1.29 is 24.5 Å². The number of rotatable bonds is 5. The minimum absolute atomic E-state index is 0.478. The maximum absolute atomic E-state index is 11.9. The smallest absolute Gasteiger partial charge is 0.408 e. The van der Waals surface area contributed by atoms with E-state index in [0.717, 1.165) is 5.56 Å². The van der Waals surface area contributed by atoms with Crippen LogP contribution in [0.5, 0.6) is 0 Å². The van der Waals surface area contributed by atoms with E-state index in [-0.39, 0.29) is 0 Å². The predicted octanol–water partition coefficient (Wildman–Crippen LogP) is 2.40. The number of hydrogen-bond donors (Lipinski definition) is 3. The Balaban J connectivity index is 2.96. The second kappa shape index (κ2) is 7.26. The molecule has 0 aromatic heterocycles. The molecule has 0 saturated heterocycles. The Morgan fingerprint density at radius 2 is 1.95 bits per heavy atom. The fourth-order valence-corrected chi connectivity index (χ4v) is 2.00. The van der Waals surface area contributed by atoms with Crippen LogP contribution in [0, 0.1) is 6.92 Å². The largest absolute Gasteiger partial charge is 0.481 e. The molecule has 0 bridgehead atoms. The van der Waals surface area contributed by atoms with Gasteiger partial charge in [-0.3, -0.25) is 4.79 Å². The quantitative estimate of drug-likeness (QED) is 0.776. The summed E-state index contributed by atoms with van der Waals surface area (Å²) in [4.78, 5) is 22.7. The standard InChI is InChI=1S/C16H23NO5/c1-10-6-5-7-11(8-10)14(12(18)9-13(19)20)17-15(21)22-16(2,3)4/h5-8,12,14,18H,9H2,1-4H3,(H,17,21)(H,19,20)/t12-,14+/m1/s1. The van der Waals surface area contributed by atoms with Crippen LogP contribution >= 0.6 is 0 Å². The van der Waals surface area contributed by atoms with Crippen LogP contribution in [0.15, 0.2) is 24.3 Å². The van der Waals surface area contributed by atoms with Gasteiger partial charge in [-0.1, -0.05) is 29.8 Å². The Labute approximate surface area is 130 Å². The topological polar surface area (TPSA) is 95.9 Å². The van der Waals surface area contributed by atoms with Crippen LogP contribution in [0.4, 0.5) is 4.79 Å². The lowest BCUT2D eigenvalue weighted by atomic mass is 9.98. The Hall–Kier alpha value is -2.08. The number of carboxylic acid groups (broad SMARTS) is 1. The van der Waals surface area contributed by atoms with Crippen molar-refractivity contribution in [1.82, 2.24) is 5.32 Å². The monoisotopic (exact) mass is 309 g/mol. The van der Waals surface area contributed by atoms with E-state index in [1.807, 2.05) is 13.0 Å². The summed E-state index contributed by atoms with van der Waals surface area (Å²) in [7, 11) is 0. The molecule has 1 rings (SSSR count). The molecule has 6 nitrogen and oxygen atoms in total. The van der Waals surface area contributed by atoms with Gasteiger partial charge in [0.05, 0.1) is 18.6 Å². The molecule has 0 fully saturated rings. The molecule has 0 saturated carbocycles. The van der Waals surface area contributed by atoms with Crippen molar-refractivity contribution in [2.24, 2.45) is 0 Å². The molecule has 1 aromatic carbocycles. The lowest BCUT2D eigenvalue weighted by molar-refractivity contribution is -0.139. The number of carboxylic acids is 1. The van der Waals surface area contributed by atoms with Crippen LogP contribution in [0.2, 0.25) is 0 Å². The summed E-state index contributed by atoms with van der Waals surface area (Å²) in [6.07, 6.45) is -2.44. The molecular weight excluding hydrogens is 286 g/mol. The van der Waals surface area contributed by atoms with Crippen LogP contribution < -0.4 is 5.32 Å². The fraction of sp³-hybridized carbons (Fsp3) is 0.500. The highest BCUT2D eigenvalue weighted by Gasteiger charge is 2.27. The highest BCUT2D eigenvalue weighted by molar-refractivity contribution is 5.70. The number of aliphatic hydroxyl groups is 1. The van der Waals surface area contributed by atoms with E-state index in [0.29, 0.717) is 5.56 Å². The van der Waals surface area contributed by atoms with Crippen molar-refractivity contribution >= 4 is 12.1 Å². The maximum Gasteiger partial charge on any atom is 0.408 e. The van der Waals surface area contributed by atoms with E-state index in [2.05, 4.69) is 5.32 Å². The maximum atomic E-state index is 11.9. The molecule has 0 unspecified atom stereocenters. The summed E-state index contributed by atoms with van der Waals surface area (Å²) >= 11 is 0. The second-order valence-corrected chi connectivity index (χ2v) is 6.20. The summed E-state index contributed by atoms with van der Waals surface area (Å²) in [5, 5.41) is 21.5. The number of aliphatic carboxylic acids is 1. The van der Waals surface area contributed by atoms with Gasteiger partial charge in [0, 0.05) is 0 Å². The van der Waals surface area contributed by atoms with Gasteiger partial charge in [0.2, 0.25) is 0 Å². The van der Waals surface area contributed by atoms with E-state index in [1.165, 1.54) is 0 Å². The van der Waals surface area contributed by atoms with Crippen molar-refractivity contribution in [3.8, 4) is 0 Å². The van der Waals surface area contributed by atoms with Crippen LogP contribution in [-0.4, -0.2) is 34.0 Å². The second-order valence-electron chi connectivity index (χ2n) is 6.20. The Kier molecular flexibility index (Phi) is 5.93. The molecule has 6 heteroatoms. The normalized spacial score (nSPS) is 14.0. The van der Waals surface area contributed by atoms with E-state index >= 15 is 0 Å². The predicted molar refractivity (Wildman–Crippen MR) is 81.5 cm³/mol. The first kappa shape index (κ1) is 18.0. The molecule has 0 aliphatic rings. The van der Waals surface area contributed by atoms with Crippen LogP contribution in [0.3, 0.4) is 0 Å². The van der Waals surface area contributed by atoms with Crippen LogP contribution in [0.1, 0.15) is 44.4 Å². The van der Waals surface area contributed by atoms with Gasteiger partial charge in [-0.15, -0.1) is 0 Å². The van der Waals surface area contributed by atoms with Gasteiger partial charge in [0.15, 0.2) is 0 Å². The molecule has 0 aliphatic heterocycles. The Morgan fingerprint density at radius 1 is 1.32 bits per heavy atom. The number of carbonyl (C=O) groups excluding carboxylic acids is 1. The molecule has 0 heterocycles. The first-order valence-corrected chi connectivity index (χ1v) is 7.04. The third-order valence-corrected chi connectivity index (χ3v) is 2.84. The average Bonchev–Trinajstić information content (AvgIpc) is 2.32. The number of aliphatic hydroxyl groups excluding tert-OH is 1. The molecule has 1 amide bonds. The molecule has 22 heavy (non-hydrogen) atoms. The summed E-state index contributed by atoms with van der Waals surface area (Å²) < 4.78 is 5.17. The number of benzene rings is 1. The summed E-state index contributed by atoms with van der Waals surface area (Å²) in [6.45, 7) is 7.05. The number of amides is 1. The molecular formula is C16H23NO5. The van der Waals surface area contributed by atoms with Crippen molar-refractivity contribution in [3.05, 3.63) is 35.4 Å². The number of nitrogens with one attached hydrogen (secondary N) is 1. The molecule has 122 valence electrons. The van der Waals surface area contributed by atoms with Crippen molar-refractivity contribution in [3.63, 3.8) is 0 Å². The van der Waals surface area contributed by atoms with E-state index in [9.17, 15) is 14.7 Å². The van der Waals surface area contributed by atoms with Crippen molar-refractivity contribution in [2.45, 2.75) is 51.9 Å². The molecule has 0 aliphatic carbocycles. The zero-order valence-corrected chi connectivity index (χ0v) is 13.3. The van der Waals surface area contributed by atoms with E-state index in [1.54, 1.807) is 39.0 Å². The molecule has 1 aromatic rings. The molecule has 0 radical (unpaired) electrons.